The summed E-state index contributed by atoms with van der Waals surface area (Å²) in [6, 6.07) is 5.66. The van der Waals surface area contributed by atoms with Gasteiger partial charge in [0.05, 0.1) is 13.7 Å². The predicted molar refractivity (Wildman–Crippen MR) is 81.3 cm³/mol. The topological polar surface area (TPSA) is 38.8 Å². The lowest BCUT2D eigenvalue weighted by Gasteiger charge is -2.31. The lowest BCUT2D eigenvalue weighted by atomic mass is 10.0. The van der Waals surface area contributed by atoms with Crippen LogP contribution in [0.4, 0.5) is 0 Å². The Morgan fingerprint density at radius 3 is 3.05 bits per heavy atom. The van der Waals surface area contributed by atoms with Crippen LogP contribution in [0.15, 0.2) is 22.7 Å². The van der Waals surface area contributed by atoms with E-state index >= 15 is 0 Å². The normalized spacial score (nSPS) is 19.9. The highest BCUT2D eigenvalue weighted by atomic mass is 79.9. The molecule has 0 aromatic heterocycles. The third kappa shape index (κ3) is 3.81. The monoisotopic (exact) mass is 341 g/mol. The van der Waals surface area contributed by atoms with Crippen molar-refractivity contribution in [1.29, 1.82) is 0 Å². The highest BCUT2D eigenvalue weighted by Gasteiger charge is 2.26. The molecule has 4 nitrogen and oxygen atoms in total. The molecule has 1 aromatic rings. The van der Waals surface area contributed by atoms with E-state index in [2.05, 4.69) is 27.8 Å². The fourth-order valence-electron chi connectivity index (χ4n) is 2.30. The summed E-state index contributed by atoms with van der Waals surface area (Å²) in [7, 11) is 1.62. The van der Waals surface area contributed by atoms with Gasteiger partial charge in [0.1, 0.15) is 11.9 Å². The van der Waals surface area contributed by atoms with Gasteiger partial charge >= 0.3 is 0 Å². The number of rotatable bonds is 5. The summed E-state index contributed by atoms with van der Waals surface area (Å²) in [4.78, 5) is 14.6. The number of ether oxygens (including phenoxy) is 2. The minimum Gasteiger partial charge on any atom is -0.497 e. The third-order valence-electron chi connectivity index (χ3n) is 3.57. The highest BCUT2D eigenvalue weighted by molar-refractivity contribution is 9.10. The summed E-state index contributed by atoms with van der Waals surface area (Å²) >= 11 is 3.48. The predicted octanol–water partition coefficient (Wildman–Crippen LogP) is 2.29. The number of halogens is 1. The van der Waals surface area contributed by atoms with Crippen LogP contribution >= 0.6 is 15.9 Å². The van der Waals surface area contributed by atoms with Gasteiger partial charge in [-0.05, 0) is 30.3 Å². The zero-order valence-electron chi connectivity index (χ0n) is 11.9. The van der Waals surface area contributed by atoms with Crippen LogP contribution in [0.3, 0.4) is 0 Å². The number of ketones is 1. The summed E-state index contributed by atoms with van der Waals surface area (Å²) in [5.41, 5.74) is 0.937. The van der Waals surface area contributed by atoms with Crippen LogP contribution in [0.2, 0.25) is 0 Å². The Balaban J connectivity index is 2.03. The van der Waals surface area contributed by atoms with Crippen LogP contribution in [0.1, 0.15) is 12.5 Å². The van der Waals surface area contributed by atoms with Crippen molar-refractivity contribution in [3.63, 3.8) is 0 Å². The van der Waals surface area contributed by atoms with Crippen molar-refractivity contribution in [3.8, 4) is 5.75 Å². The lowest BCUT2D eigenvalue weighted by molar-refractivity contribution is -0.135. The van der Waals surface area contributed by atoms with Crippen LogP contribution in [0, 0.1) is 0 Å². The van der Waals surface area contributed by atoms with Crippen molar-refractivity contribution in [1.82, 2.24) is 4.90 Å². The number of carbonyl (C=O) groups excluding carboxylic acids is 1. The van der Waals surface area contributed by atoms with E-state index in [1.54, 1.807) is 7.11 Å². The molecule has 1 aliphatic heterocycles. The number of Topliss-reactive ketones (excluding diaryl/α,β-unsaturated/α-hetero) is 1. The number of hydrogen-bond donors (Lipinski definition) is 0. The van der Waals surface area contributed by atoms with Gasteiger partial charge in [0.15, 0.2) is 5.78 Å². The first-order valence-electron chi connectivity index (χ1n) is 6.83. The average molecular weight is 342 g/mol. The minimum atomic E-state index is -0.318. The quantitative estimate of drug-likeness (QED) is 0.823. The molecule has 110 valence electrons. The van der Waals surface area contributed by atoms with Gasteiger partial charge < -0.3 is 9.47 Å². The summed E-state index contributed by atoms with van der Waals surface area (Å²) in [6.45, 7) is 5.28. The van der Waals surface area contributed by atoms with Crippen LogP contribution in [-0.4, -0.2) is 50.1 Å². The average Bonchev–Trinajstić information content (AvgIpc) is 2.49. The van der Waals surface area contributed by atoms with E-state index in [9.17, 15) is 4.79 Å². The third-order valence-corrected chi connectivity index (χ3v) is 4.35. The summed E-state index contributed by atoms with van der Waals surface area (Å²) in [5.74, 6) is 0.882. The molecule has 0 radical (unpaired) electrons. The molecule has 1 aliphatic rings. The molecule has 0 aliphatic carbocycles. The van der Waals surface area contributed by atoms with Crippen LogP contribution in [0.25, 0.3) is 0 Å². The maximum absolute atomic E-state index is 12.4. The van der Waals surface area contributed by atoms with Crippen LogP contribution in [0.5, 0.6) is 5.75 Å². The molecular formula is C15H20BrNO3. The Morgan fingerprint density at radius 1 is 1.55 bits per heavy atom. The Hall–Kier alpha value is -0.910. The van der Waals surface area contributed by atoms with Crippen molar-refractivity contribution in [2.75, 3.05) is 33.4 Å². The molecule has 5 heteroatoms. The van der Waals surface area contributed by atoms with Crippen LogP contribution in [-0.2, 0) is 16.0 Å². The van der Waals surface area contributed by atoms with E-state index < -0.39 is 0 Å². The molecular weight excluding hydrogens is 322 g/mol. The zero-order chi connectivity index (χ0) is 14.5. The Labute approximate surface area is 128 Å². The molecule has 0 amide bonds. The molecule has 1 aromatic carbocycles. The number of nitrogens with zero attached hydrogens (tertiary/aromatic N) is 1. The first-order chi connectivity index (χ1) is 9.63. The highest BCUT2D eigenvalue weighted by Crippen LogP contribution is 2.23. The zero-order valence-corrected chi connectivity index (χ0v) is 13.5. The molecule has 1 heterocycles. The molecule has 1 saturated heterocycles. The standard InChI is InChI=1S/C15H20BrNO3/c1-3-17-6-7-20-15(10-17)14(18)9-11-8-12(19-2)4-5-13(11)16/h4-5,8,15H,3,6-7,9-10H2,1-2H3. The van der Waals surface area contributed by atoms with E-state index in [0.29, 0.717) is 19.6 Å². The Morgan fingerprint density at radius 2 is 2.35 bits per heavy atom. The van der Waals surface area contributed by atoms with E-state index in [1.807, 2.05) is 18.2 Å². The molecule has 0 N–H and O–H groups in total. The van der Waals surface area contributed by atoms with Gasteiger partial charge in [-0.25, -0.2) is 0 Å². The summed E-state index contributed by atoms with van der Waals surface area (Å²) in [5, 5.41) is 0. The fourth-order valence-corrected chi connectivity index (χ4v) is 2.69. The second-order valence-electron chi connectivity index (χ2n) is 4.85. The van der Waals surface area contributed by atoms with Gasteiger partial charge in [0.25, 0.3) is 0 Å². The second kappa shape index (κ2) is 7.20. The van der Waals surface area contributed by atoms with Gasteiger partial charge in [-0.1, -0.05) is 22.9 Å². The van der Waals surface area contributed by atoms with Crippen molar-refractivity contribution in [2.24, 2.45) is 0 Å². The van der Waals surface area contributed by atoms with E-state index in [1.165, 1.54) is 0 Å². The molecule has 0 bridgehead atoms. The first kappa shape index (κ1) is 15.5. The number of benzene rings is 1. The number of carbonyl (C=O) groups is 1. The Kier molecular flexibility index (Phi) is 5.57. The molecule has 0 spiro atoms. The van der Waals surface area contributed by atoms with Gasteiger partial charge in [-0.15, -0.1) is 0 Å². The number of hydrogen-bond acceptors (Lipinski definition) is 4. The SMILES string of the molecule is CCN1CCOC(C(=O)Cc2cc(OC)ccc2Br)C1. The summed E-state index contributed by atoms with van der Waals surface area (Å²) < 4.78 is 11.7. The largest absolute Gasteiger partial charge is 0.497 e. The molecule has 2 rings (SSSR count). The minimum absolute atomic E-state index is 0.122. The number of methoxy groups -OCH3 is 1. The molecule has 1 fully saturated rings. The Bertz CT molecular complexity index is 478. The lowest BCUT2D eigenvalue weighted by Crippen LogP contribution is -2.46. The fraction of sp³-hybridized carbons (Fsp3) is 0.533. The van der Waals surface area contributed by atoms with Crippen molar-refractivity contribution >= 4 is 21.7 Å². The van der Waals surface area contributed by atoms with E-state index in [4.69, 9.17) is 9.47 Å². The van der Waals surface area contributed by atoms with E-state index in [-0.39, 0.29) is 11.9 Å². The number of morpholine rings is 1. The van der Waals surface area contributed by atoms with Gasteiger partial charge in [-0.2, -0.15) is 0 Å². The van der Waals surface area contributed by atoms with E-state index in [0.717, 1.165) is 28.9 Å². The van der Waals surface area contributed by atoms with Crippen molar-refractivity contribution in [3.05, 3.63) is 28.2 Å². The number of likely N-dealkylation sites (N-methyl/N-ethyl adjacent to an activating group) is 1. The first-order valence-corrected chi connectivity index (χ1v) is 7.62. The second-order valence-corrected chi connectivity index (χ2v) is 5.71. The summed E-state index contributed by atoms with van der Waals surface area (Å²) in [6.07, 6.45) is 0.0433. The molecule has 0 saturated carbocycles. The maximum atomic E-state index is 12.4. The van der Waals surface area contributed by atoms with Gasteiger partial charge in [0.2, 0.25) is 0 Å². The smallest absolute Gasteiger partial charge is 0.167 e. The van der Waals surface area contributed by atoms with Gasteiger partial charge in [-0.3, -0.25) is 9.69 Å². The van der Waals surface area contributed by atoms with Crippen molar-refractivity contribution in [2.45, 2.75) is 19.4 Å². The van der Waals surface area contributed by atoms with Crippen molar-refractivity contribution < 1.29 is 14.3 Å². The van der Waals surface area contributed by atoms with Gasteiger partial charge in [0, 0.05) is 24.0 Å². The molecule has 1 atom stereocenters. The van der Waals surface area contributed by atoms with Crippen LogP contribution < -0.4 is 4.74 Å². The maximum Gasteiger partial charge on any atom is 0.167 e. The molecule has 20 heavy (non-hydrogen) atoms. The molecule has 1 unspecified atom stereocenters.